The van der Waals surface area contributed by atoms with E-state index in [1.54, 1.807) is 24.3 Å². The van der Waals surface area contributed by atoms with Gasteiger partial charge in [-0.15, -0.1) is 0 Å². The molecule has 0 aromatic heterocycles. The van der Waals surface area contributed by atoms with E-state index in [0.29, 0.717) is 16.7 Å². The highest BCUT2D eigenvalue weighted by atomic mass is 32.2. The van der Waals surface area contributed by atoms with Crippen LogP contribution in [-0.4, -0.2) is 73.4 Å². The molecular weight excluding hydrogens is 528 g/mol. The van der Waals surface area contributed by atoms with Crippen LogP contribution in [0.4, 0.5) is 5.69 Å². The summed E-state index contributed by atoms with van der Waals surface area (Å²) in [7, 11) is -9.95. The van der Waals surface area contributed by atoms with Crippen LogP contribution in [0, 0.1) is 0 Å². The summed E-state index contributed by atoms with van der Waals surface area (Å²) in [5, 5.41) is 0. The lowest BCUT2D eigenvalue weighted by Gasteiger charge is -2.23. The maximum absolute atomic E-state index is 13.0. The van der Waals surface area contributed by atoms with Gasteiger partial charge in [-0.3, -0.25) is 18.5 Å². The second-order valence-electron chi connectivity index (χ2n) is 8.55. The lowest BCUT2D eigenvalue weighted by atomic mass is 9.87. The minimum absolute atomic E-state index is 0.156. The molecule has 2 aliphatic rings. The molecule has 3 N–H and O–H groups in total. The quantitative estimate of drug-likeness (QED) is 0.249. The molecule has 0 heterocycles. The highest BCUT2D eigenvalue weighted by Crippen LogP contribution is 2.36. The third kappa shape index (κ3) is 6.13. The first-order valence-electron chi connectivity index (χ1n) is 12.3. The standard InChI is InChI=1S/C27H32N2O7S2/c1-5-28(6-2)21-13-9-19(10-14-21)25(20-11-15-22(16-12-20)29(7-3)8-4)23-17-18-24(37(31,32)33)26(30)27(23)38(34,35)36/h9-18H,5-8H2,1-4H3,(H2-,30,31,32,33,34,35,36)/p+1. The molecule has 0 saturated carbocycles. The summed E-state index contributed by atoms with van der Waals surface area (Å²) in [6.45, 7) is 11.3. The van der Waals surface area contributed by atoms with Gasteiger partial charge in [-0.05, 0) is 74.8 Å². The topological polar surface area (TPSA) is 135 Å². The van der Waals surface area contributed by atoms with E-state index in [0.717, 1.165) is 49.7 Å². The predicted octanol–water partition coefficient (Wildman–Crippen LogP) is 3.59. The lowest BCUT2D eigenvalue weighted by molar-refractivity contribution is -0.519. The van der Waals surface area contributed by atoms with Crippen molar-refractivity contribution in [1.82, 2.24) is 0 Å². The van der Waals surface area contributed by atoms with E-state index in [9.17, 15) is 31.1 Å². The summed E-state index contributed by atoms with van der Waals surface area (Å²) in [4.78, 5) is 13.1. The zero-order valence-corrected chi connectivity index (χ0v) is 23.4. The number of rotatable bonds is 8. The summed E-state index contributed by atoms with van der Waals surface area (Å²) in [5.74, 6) is -1.45. The molecule has 1 aromatic carbocycles. The van der Waals surface area contributed by atoms with E-state index in [1.165, 1.54) is 0 Å². The van der Waals surface area contributed by atoms with Crippen LogP contribution in [0.3, 0.4) is 0 Å². The van der Waals surface area contributed by atoms with E-state index in [-0.39, 0.29) is 5.57 Å². The summed E-state index contributed by atoms with van der Waals surface area (Å²) in [6.07, 6.45) is 9.38. The molecule has 0 unspecified atom stereocenters. The largest absolute Gasteiger partial charge is 0.372 e. The molecule has 38 heavy (non-hydrogen) atoms. The summed E-state index contributed by atoms with van der Waals surface area (Å²) < 4.78 is 68.0. The first kappa shape index (κ1) is 29.5. The Morgan fingerprint density at radius 2 is 1.37 bits per heavy atom. The molecule has 0 spiro atoms. The Morgan fingerprint density at radius 3 is 1.82 bits per heavy atom. The number of Topliss-reactive ketones (excluding diaryl/α,β-unsaturated/α-hetero) is 1. The molecule has 3 rings (SSSR count). The molecule has 0 aliphatic heterocycles. The molecule has 11 heteroatoms. The van der Waals surface area contributed by atoms with E-state index < -0.39 is 35.8 Å². The van der Waals surface area contributed by atoms with E-state index in [1.807, 2.05) is 52.0 Å². The summed E-state index contributed by atoms with van der Waals surface area (Å²) in [6, 6.07) is 7.32. The van der Waals surface area contributed by atoms with Crippen molar-refractivity contribution in [2.75, 3.05) is 31.1 Å². The molecule has 1 aromatic rings. The Labute approximate surface area is 224 Å². The maximum atomic E-state index is 13.0. The lowest BCUT2D eigenvalue weighted by Crippen LogP contribution is -2.29. The van der Waals surface area contributed by atoms with Crippen molar-refractivity contribution in [3.63, 3.8) is 0 Å². The highest BCUT2D eigenvalue weighted by molar-refractivity contribution is 7.95. The fraction of sp³-hybridized carbons (Fsp3) is 0.296. The zero-order chi connectivity index (χ0) is 28.3. The van der Waals surface area contributed by atoms with Gasteiger partial charge in [0.2, 0.25) is 15.9 Å². The first-order chi connectivity index (χ1) is 17.9. The molecule has 204 valence electrons. The van der Waals surface area contributed by atoms with Crippen LogP contribution in [0.15, 0.2) is 76.8 Å². The molecule has 0 saturated heterocycles. The molecule has 0 fully saturated rings. The number of carbonyl (C=O) groups excluding carboxylic acids is 1. The molecule has 9 nitrogen and oxygen atoms in total. The fourth-order valence-electron chi connectivity index (χ4n) is 4.54. The van der Waals surface area contributed by atoms with Crippen LogP contribution >= 0.6 is 0 Å². The Morgan fingerprint density at radius 1 is 0.816 bits per heavy atom. The van der Waals surface area contributed by atoms with Gasteiger partial charge in [-0.2, -0.15) is 8.42 Å². The normalized spacial score (nSPS) is 16.0. The van der Waals surface area contributed by atoms with Gasteiger partial charge >= 0.3 is 0 Å². The molecule has 0 amide bonds. The molecular formula is C27H33N2O7S2+. The van der Waals surface area contributed by atoms with Gasteiger partial charge in [0.25, 0.3) is 10.1 Å². The number of allylic oxidation sites excluding steroid dienone is 10. The molecule has 0 atom stereocenters. The minimum Gasteiger partial charge on any atom is -0.372 e. The number of benzene rings is 1. The number of anilines is 1. The summed E-state index contributed by atoms with van der Waals surface area (Å²) >= 11 is 0. The Kier molecular flexibility index (Phi) is 9.11. The van der Waals surface area contributed by atoms with Gasteiger partial charge in [-0.1, -0.05) is 18.2 Å². The van der Waals surface area contributed by atoms with Gasteiger partial charge in [0, 0.05) is 36.5 Å². The van der Waals surface area contributed by atoms with Crippen molar-refractivity contribution in [2.24, 2.45) is 0 Å². The van der Waals surface area contributed by atoms with Crippen molar-refractivity contribution in [2.45, 2.75) is 27.7 Å². The van der Waals surface area contributed by atoms with E-state index in [2.05, 4.69) is 9.48 Å². The first-order valence-corrected chi connectivity index (χ1v) is 15.2. The van der Waals surface area contributed by atoms with Crippen molar-refractivity contribution < 1.29 is 35.7 Å². The van der Waals surface area contributed by atoms with Crippen LogP contribution in [0.1, 0.15) is 33.3 Å². The predicted molar refractivity (Wildman–Crippen MR) is 153 cm³/mol. The van der Waals surface area contributed by atoms with Crippen LogP contribution < -0.4 is 4.90 Å². The molecule has 0 radical (unpaired) electrons. The van der Waals surface area contributed by atoms with Gasteiger partial charge in [0.15, 0.2) is 10.6 Å². The van der Waals surface area contributed by atoms with Crippen molar-refractivity contribution in [3.05, 3.63) is 82.3 Å². The van der Waals surface area contributed by atoms with Crippen LogP contribution in [0.2, 0.25) is 0 Å². The maximum Gasteiger partial charge on any atom is 0.299 e. The third-order valence-corrected chi connectivity index (χ3v) is 8.27. The minimum atomic E-state index is -5.16. The second kappa shape index (κ2) is 11.7. The van der Waals surface area contributed by atoms with Crippen LogP contribution in [0.25, 0.3) is 5.57 Å². The van der Waals surface area contributed by atoms with Gasteiger partial charge < -0.3 is 4.90 Å². The number of hydrogen-bond acceptors (Lipinski definition) is 5. The SMILES string of the molecule is CCN(CC)c1ccc(C(=C2C=CC(=[N+](CC)CC)C=C2)C2=C(S(=O)(=O)O)C(=O)C(=S(=O)(O)O)C=C2)cc1. The van der Waals surface area contributed by atoms with Crippen molar-refractivity contribution in [1.29, 1.82) is 0 Å². The Hall–Kier alpha value is -3.09. The number of nitrogens with zero attached hydrogens (tertiary/aromatic N) is 2. The van der Waals surface area contributed by atoms with Crippen LogP contribution in [0.5, 0.6) is 0 Å². The van der Waals surface area contributed by atoms with Gasteiger partial charge in [0.1, 0.15) is 18.0 Å². The third-order valence-electron chi connectivity index (χ3n) is 6.46. The molecule has 0 bridgehead atoms. The summed E-state index contributed by atoms with van der Waals surface area (Å²) in [5.41, 5.74) is 3.18. The van der Waals surface area contributed by atoms with Crippen molar-refractivity contribution in [3.8, 4) is 0 Å². The fourth-order valence-corrected chi connectivity index (χ4v) is 5.99. The molecule has 2 aliphatic carbocycles. The van der Waals surface area contributed by atoms with E-state index in [4.69, 9.17) is 0 Å². The number of carbonyl (C=O) groups is 1. The Balaban J connectivity index is 2.37. The average Bonchev–Trinajstić information content (AvgIpc) is 2.86. The smallest absolute Gasteiger partial charge is 0.299 e. The van der Waals surface area contributed by atoms with Gasteiger partial charge in [0.05, 0.1) is 0 Å². The zero-order valence-electron chi connectivity index (χ0n) is 21.8. The number of hydrogen-bond donors (Lipinski definition) is 3. The van der Waals surface area contributed by atoms with E-state index >= 15 is 0 Å². The van der Waals surface area contributed by atoms with Gasteiger partial charge in [-0.25, -0.2) is 8.78 Å². The number of ketones is 1. The second-order valence-corrected chi connectivity index (χ2v) is 11.3. The monoisotopic (exact) mass is 561 g/mol. The average molecular weight is 562 g/mol. The highest BCUT2D eigenvalue weighted by Gasteiger charge is 2.36. The van der Waals surface area contributed by atoms with Crippen molar-refractivity contribution >= 4 is 47.8 Å². The Bertz CT molecular complexity index is 1510. The van der Waals surface area contributed by atoms with Crippen LogP contribution in [-0.2, 0) is 25.0 Å².